The number of nitrogens with one attached hydrogen (secondary N) is 2. The Morgan fingerprint density at radius 1 is 0.946 bits per heavy atom. The van der Waals surface area contributed by atoms with E-state index < -0.39 is 75.3 Å². The van der Waals surface area contributed by atoms with Crippen molar-refractivity contribution in [3.05, 3.63) is 35.8 Å². The Hall–Kier alpha value is -2.61. The molecule has 5 saturated heterocycles. The lowest BCUT2D eigenvalue weighted by Crippen LogP contribution is -2.77. The second-order valence-corrected chi connectivity index (χ2v) is 20.6. The number of epoxide rings is 1. The predicted octanol–water partition coefficient (Wildman–Crippen LogP) is 3.92. The minimum Gasteiger partial charge on any atom is -0.469 e. The summed E-state index contributed by atoms with van der Waals surface area (Å²) in [6, 6.07) is 2.32. The van der Waals surface area contributed by atoms with E-state index in [2.05, 4.69) is 29.7 Å². The number of esters is 2. The van der Waals surface area contributed by atoms with Crippen molar-refractivity contribution in [3.8, 4) is 0 Å². The molecule has 5 aliphatic carbocycles. The summed E-state index contributed by atoms with van der Waals surface area (Å²) in [5.74, 6) is -0.329. The summed E-state index contributed by atoms with van der Waals surface area (Å²) in [5.41, 5.74) is -5.19. The second kappa shape index (κ2) is 11.8. The third kappa shape index (κ3) is 4.24. The largest absolute Gasteiger partial charge is 0.469 e. The number of cyclic esters (lactones) is 2. The van der Waals surface area contributed by atoms with Gasteiger partial charge in [0, 0.05) is 47.5 Å². The number of ether oxygens (including phenoxy) is 4. The Labute approximate surface area is 328 Å². The van der Waals surface area contributed by atoms with Crippen LogP contribution in [0.1, 0.15) is 103 Å². The van der Waals surface area contributed by atoms with Crippen molar-refractivity contribution in [1.29, 1.82) is 0 Å². The van der Waals surface area contributed by atoms with Crippen LogP contribution in [0.25, 0.3) is 0 Å². The van der Waals surface area contributed by atoms with Crippen LogP contribution in [0.5, 0.6) is 0 Å². The van der Waals surface area contributed by atoms with Gasteiger partial charge in [0.2, 0.25) is 0 Å². The maximum Gasteiger partial charge on any atom is 0.339 e. The zero-order valence-corrected chi connectivity index (χ0v) is 33.1. The first kappa shape index (κ1) is 36.5. The van der Waals surface area contributed by atoms with Crippen LogP contribution in [0.3, 0.4) is 0 Å². The zero-order chi connectivity index (χ0) is 38.8. The third-order valence-electron chi connectivity index (χ3n) is 18.1. The summed E-state index contributed by atoms with van der Waals surface area (Å²) in [6.45, 7) is 9.73. The van der Waals surface area contributed by atoms with Crippen molar-refractivity contribution in [2.45, 2.75) is 140 Å². The standard InChI is InChI=1S/C44H58N2O10/c1-39(2)32-31(48)33(49)41(4)30(43(32)20-53-38(51)42(37(43)56-39)13-5-6-14-42)11-15-40(3)34(54-36(50)35-44(40,41)55-35)25-12-16-52-29(25)18-26-24-9-7-23(27-19-45-21-46-27)17-22(24)8-10-28(26)47/h7,9,12,16,22-24,26-28,30,32-35,37,45-47,49H,5-6,8,10-11,13-15,17-21H2,1-4H3. The van der Waals surface area contributed by atoms with Crippen molar-refractivity contribution >= 4 is 17.7 Å². The number of furan rings is 1. The molecular formula is C44H58N2O10. The summed E-state index contributed by atoms with van der Waals surface area (Å²) in [7, 11) is 0. The number of carbonyl (C=O) groups is 3. The molecule has 10 aliphatic rings. The molecule has 1 aromatic rings. The van der Waals surface area contributed by atoms with Crippen LogP contribution in [0, 0.1) is 57.2 Å². The van der Waals surface area contributed by atoms with Crippen LogP contribution in [0.2, 0.25) is 0 Å². The lowest BCUT2D eigenvalue weighted by atomic mass is 9.35. The second-order valence-electron chi connectivity index (χ2n) is 20.6. The van der Waals surface area contributed by atoms with E-state index in [1.54, 1.807) is 6.26 Å². The van der Waals surface area contributed by atoms with Crippen LogP contribution in [0.4, 0.5) is 0 Å². The highest BCUT2D eigenvalue weighted by atomic mass is 16.7. The Kier molecular flexibility index (Phi) is 7.67. The van der Waals surface area contributed by atoms with E-state index in [0.717, 1.165) is 50.9 Å². The average molecular weight is 775 g/mol. The Bertz CT molecular complexity index is 1880. The SMILES string of the molecule is CC1(C)OC2C3(CCCC3)C(=O)OCC23C1C(=O)C(O)C1(C)C3CCC2(C)C(c3ccoc3CC3C(O)CCC4CC(C5CNCN5)C=CC43)OC(=O)C3OC321. The molecule has 16 atom stereocenters. The molecule has 4 saturated carbocycles. The monoisotopic (exact) mass is 774 g/mol. The van der Waals surface area contributed by atoms with Crippen LogP contribution in [0.15, 0.2) is 28.9 Å². The van der Waals surface area contributed by atoms with E-state index in [9.17, 15) is 24.6 Å². The number of hydrogen-bond acceptors (Lipinski definition) is 12. The minimum atomic E-state index is -1.44. The number of allylic oxidation sites excluding steroid dienone is 1. The van der Waals surface area contributed by atoms with E-state index >= 15 is 0 Å². The number of aliphatic hydroxyl groups excluding tert-OH is 2. The topological polar surface area (TPSA) is 169 Å². The summed E-state index contributed by atoms with van der Waals surface area (Å²) in [5, 5.41) is 31.1. The Balaban J connectivity index is 0.961. The number of carbonyl (C=O) groups excluding carboxylic acids is 3. The summed E-state index contributed by atoms with van der Waals surface area (Å²) in [4.78, 5) is 42.9. The van der Waals surface area contributed by atoms with E-state index in [4.69, 9.17) is 23.4 Å². The van der Waals surface area contributed by atoms with Crippen molar-refractivity contribution in [2.24, 2.45) is 57.2 Å². The summed E-state index contributed by atoms with van der Waals surface area (Å²) < 4.78 is 32.6. The maximum absolute atomic E-state index is 15.0. The van der Waals surface area contributed by atoms with Gasteiger partial charge in [-0.1, -0.05) is 38.8 Å². The van der Waals surface area contributed by atoms with Gasteiger partial charge >= 0.3 is 11.9 Å². The molecule has 9 fully saturated rings. The van der Waals surface area contributed by atoms with E-state index in [1.807, 2.05) is 26.8 Å². The first-order valence-electron chi connectivity index (χ1n) is 21.6. The number of hydrogen-bond donors (Lipinski definition) is 4. The maximum atomic E-state index is 15.0. The molecule has 11 rings (SSSR count). The van der Waals surface area contributed by atoms with Crippen molar-refractivity contribution in [1.82, 2.24) is 10.6 Å². The van der Waals surface area contributed by atoms with Crippen molar-refractivity contribution < 1.29 is 48.0 Å². The van der Waals surface area contributed by atoms with Crippen LogP contribution in [-0.4, -0.2) is 89.4 Å². The summed E-state index contributed by atoms with van der Waals surface area (Å²) >= 11 is 0. The molecule has 1 aromatic heterocycles. The van der Waals surface area contributed by atoms with Crippen LogP contribution >= 0.6 is 0 Å². The van der Waals surface area contributed by atoms with Gasteiger partial charge in [-0.05, 0) is 94.4 Å². The molecule has 0 amide bonds. The molecule has 6 heterocycles. The highest BCUT2D eigenvalue weighted by Crippen LogP contribution is 2.81. The van der Waals surface area contributed by atoms with Gasteiger partial charge in [-0.2, -0.15) is 0 Å². The van der Waals surface area contributed by atoms with E-state index in [0.29, 0.717) is 55.7 Å². The van der Waals surface area contributed by atoms with Gasteiger partial charge in [0.15, 0.2) is 11.9 Å². The quantitative estimate of drug-likeness (QED) is 0.198. The fraction of sp³-hybridized carbons (Fsp3) is 0.795. The molecule has 5 aliphatic heterocycles. The molecule has 3 spiro atoms. The molecule has 56 heavy (non-hydrogen) atoms. The molecule has 0 radical (unpaired) electrons. The van der Waals surface area contributed by atoms with Gasteiger partial charge in [-0.15, -0.1) is 0 Å². The minimum absolute atomic E-state index is 0.0391. The third-order valence-corrected chi connectivity index (χ3v) is 18.1. The number of aliphatic hydroxyl groups is 2. The van der Waals surface area contributed by atoms with Gasteiger partial charge < -0.3 is 38.9 Å². The first-order chi connectivity index (χ1) is 26.7. The fourth-order valence-electron chi connectivity index (χ4n) is 15.8. The Morgan fingerprint density at radius 2 is 1.75 bits per heavy atom. The lowest BCUT2D eigenvalue weighted by Gasteiger charge is -2.67. The van der Waals surface area contributed by atoms with E-state index in [-0.39, 0.29) is 36.1 Å². The first-order valence-corrected chi connectivity index (χ1v) is 21.6. The highest BCUT2D eigenvalue weighted by Gasteiger charge is 2.91. The molecule has 304 valence electrons. The van der Waals surface area contributed by atoms with Gasteiger partial charge in [0.05, 0.1) is 35.4 Å². The van der Waals surface area contributed by atoms with Crippen LogP contribution in [-0.2, 0) is 39.8 Å². The predicted molar refractivity (Wildman–Crippen MR) is 198 cm³/mol. The van der Waals surface area contributed by atoms with Gasteiger partial charge in [0.25, 0.3) is 0 Å². The average Bonchev–Trinajstić information content (AvgIpc) is 3.65. The molecular weight excluding hydrogens is 716 g/mol. The smallest absolute Gasteiger partial charge is 0.339 e. The number of ketones is 1. The molecule has 12 heteroatoms. The highest BCUT2D eigenvalue weighted by molar-refractivity contribution is 5.92. The molecule has 16 unspecified atom stereocenters. The number of rotatable bonds is 4. The number of fused-ring (bicyclic) bond motifs is 3. The van der Waals surface area contributed by atoms with E-state index in [1.165, 1.54) is 0 Å². The fourth-order valence-corrected chi connectivity index (χ4v) is 15.8. The van der Waals surface area contributed by atoms with Gasteiger partial charge in [-0.25, -0.2) is 4.79 Å². The normalized spacial score (nSPS) is 51.9. The van der Waals surface area contributed by atoms with Crippen LogP contribution < -0.4 is 10.6 Å². The zero-order valence-electron chi connectivity index (χ0n) is 33.1. The lowest BCUT2D eigenvalue weighted by molar-refractivity contribution is -0.264. The molecule has 0 bridgehead atoms. The van der Waals surface area contributed by atoms with Crippen molar-refractivity contribution in [3.63, 3.8) is 0 Å². The van der Waals surface area contributed by atoms with Gasteiger partial charge in [-0.3, -0.25) is 14.9 Å². The number of Topliss-reactive ketones (excluding diaryl/α,β-unsaturated/α-hetero) is 1. The molecule has 0 aromatic carbocycles. The molecule has 4 N–H and O–H groups in total. The summed E-state index contributed by atoms with van der Waals surface area (Å²) in [6.07, 6.45) is 9.69. The Morgan fingerprint density at radius 3 is 2.52 bits per heavy atom. The van der Waals surface area contributed by atoms with Crippen molar-refractivity contribution in [2.75, 3.05) is 19.8 Å². The van der Waals surface area contributed by atoms with Gasteiger partial charge in [0.1, 0.15) is 30.2 Å². The molecule has 12 nitrogen and oxygen atoms in total.